The Kier molecular flexibility index (Phi) is 4.26. The standard InChI is InChI=1S/C14H27NO/c1-12-6-5-7-13(10-12)16-14(11-15-2)8-3-4-9-14/h12-13,15H,3-11H2,1-2H3. The lowest BCUT2D eigenvalue weighted by Crippen LogP contribution is -2.43. The molecule has 2 unspecified atom stereocenters. The van der Waals surface area contributed by atoms with Crippen molar-refractivity contribution in [3.8, 4) is 0 Å². The highest BCUT2D eigenvalue weighted by Gasteiger charge is 2.37. The van der Waals surface area contributed by atoms with Gasteiger partial charge in [-0.05, 0) is 38.6 Å². The Morgan fingerprint density at radius 1 is 1.19 bits per heavy atom. The monoisotopic (exact) mass is 225 g/mol. The minimum atomic E-state index is 0.177. The third-order valence-corrected chi connectivity index (χ3v) is 4.32. The third kappa shape index (κ3) is 2.98. The van der Waals surface area contributed by atoms with Gasteiger partial charge < -0.3 is 10.1 Å². The summed E-state index contributed by atoms with van der Waals surface area (Å²) >= 11 is 0. The van der Waals surface area contributed by atoms with Crippen molar-refractivity contribution < 1.29 is 4.74 Å². The molecule has 0 heterocycles. The summed E-state index contributed by atoms with van der Waals surface area (Å²) in [4.78, 5) is 0. The first-order chi connectivity index (χ1) is 7.74. The average molecular weight is 225 g/mol. The summed E-state index contributed by atoms with van der Waals surface area (Å²) in [6, 6.07) is 0. The van der Waals surface area contributed by atoms with E-state index in [-0.39, 0.29) is 5.60 Å². The van der Waals surface area contributed by atoms with E-state index in [9.17, 15) is 0 Å². The van der Waals surface area contributed by atoms with Gasteiger partial charge in [0.2, 0.25) is 0 Å². The van der Waals surface area contributed by atoms with Crippen LogP contribution in [0.3, 0.4) is 0 Å². The van der Waals surface area contributed by atoms with Gasteiger partial charge in [0, 0.05) is 6.54 Å². The van der Waals surface area contributed by atoms with E-state index in [0.29, 0.717) is 6.10 Å². The van der Waals surface area contributed by atoms with E-state index in [1.165, 1.54) is 51.4 Å². The quantitative estimate of drug-likeness (QED) is 0.794. The molecule has 0 saturated heterocycles. The van der Waals surface area contributed by atoms with Gasteiger partial charge in [-0.2, -0.15) is 0 Å². The van der Waals surface area contributed by atoms with Crippen molar-refractivity contribution in [2.75, 3.05) is 13.6 Å². The van der Waals surface area contributed by atoms with Gasteiger partial charge in [0.05, 0.1) is 11.7 Å². The molecule has 2 fully saturated rings. The van der Waals surface area contributed by atoms with E-state index >= 15 is 0 Å². The molecule has 0 bridgehead atoms. The average Bonchev–Trinajstić information content (AvgIpc) is 2.67. The van der Waals surface area contributed by atoms with E-state index in [1.54, 1.807) is 0 Å². The molecule has 0 radical (unpaired) electrons. The number of likely N-dealkylation sites (N-methyl/N-ethyl adjacent to an activating group) is 1. The minimum absolute atomic E-state index is 0.177. The zero-order chi connectivity index (χ0) is 11.4. The first-order valence-electron chi connectivity index (χ1n) is 7.06. The number of hydrogen-bond donors (Lipinski definition) is 1. The lowest BCUT2D eigenvalue weighted by molar-refractivity contribution is -0.105. The normalized spacial score (nSPS) is 34.1. The highest BCUT2D eigenvalue weighted by molar-refractivity contribution is 4.90. The van der Waals surface area contributed by atoms with Crippen molar-refractivity contribution in [3.05, 3.63) is 0 Å². The maximum Gasteiger partial charge on any atom is 0.0809 e. The second kappa shape index (κ2) is 5.50. The Bertz CT molecular complexity index is 211. The van der Waals surface area contributed by atoms with Gasteiger partial charge in [0.15, 0.2) is 0 Å². The van der Waals surface area contributed by atoms with Crippen molar-refractivity contribution >= 4 is 0 Å². The molecule has 0 aliphatic heterocycles. The molecule has 94 valence electrons. The van der Waals surface area contributed by atoms with Crippen LogP contribution in [0.1, 0.15) is 58.3 Å². The Balaban J connectivity index is 1.89. The largest absolute Gasteiger partial charge is 0.370 e. The van der Waals surface area contributed by atoms with E-state index in [2.05, 4.69) is 12.2 Å². The smallest absolute Gasteiger partial charge is 0.0809 e. The van der Waals surface area contributed by atoms with E-state index in [4.69, 9.17) is 4.74 Å². The fraction of sp³-hybridized carbons (Fsp3) is 1.00. The zero-order valence-corrected chi connectivity index (χ0v) is 10.9. The molecule has 2 aliphatic carbocycles. The van der Waals surface area contributed by atoms with Crippen LogP contribution in [0.25, 0.3) is 0 Å². The Hall–Kier alpha value is -0.0800. The van der Waals surface area contributed by atoms with Crippen molar-refractivity contribution in [1.29, 1.82) is 0 Å². The first-order valence-corrected chi connectivity index (χ1v) is 7.06. The van der Waals surface area contributed by atoms with E-state index in [0.717, 1.165) is 12.5 Å². The van der Waals surface area contributed by atoms with Crippen molar-refractivity contribution in [2.45, 2.75) is 70.0 Å². The molecular formula is C14H27NO. The van der Waals surface area contributed by atoms with Gasteiger partial charge in [-0.15, -0.1) is 0 Å². The molecule has 2 rings (SSSR count). The molecule has 0 amide bonds. The first kappa shape index (κ1) is 12.4. The van der Waals surface area contributed by atoms with Gasteiger partial charge in [0.1, 0.15) is 0 Å². The fourth-order valence-corrected chi connectivity index (χ4v) is 3.52. The maximum absolute atomic E-state index is 6.49. The van der Waals surface area contributed by atoms with Gasteiger partial charge in [-0.25, -0.2) is 0 Å². The van der Waals surface area contributed by atoms with Crippen LogP contribution in [-0.2, 0) is 4.74 Å². The number of hydrogen-bond acceptors (Lipinski definition) is 2. The highest BCUT2D eigenvalue weighted by atomic mass is 16.5. The molecule has 1 N–H and O–H groups in total. The summed E-state index contributed by atoms with van der Waals surface area (Å²) in [5.41, 5.74) is 0.177. The summed E-state index contributed by atoms with van der Waals surface area (Å²) in [6.07, 6.45) is 11.1. The molecule has 0 aromatic rings. The minimum Gasteiger partial charge on any atom is -0.370 e. The van der Waals surface area contributed by atoms with Crippen LogP contribution in [0.5, 0.6) is 0 Å². The van der Waals surface area contributed by atoms with Crippen LogP contribution < -0.4 is 5.32 Å². The zero-order valence-electron chi connectivity index (χ0n) is 10.9. The summed E-state index contributed by atoms with van der Waals surface area (Å²) in [5, 5.41) is 3.33. The Morgan fingerprint density at radius 3 is 2.56 bits per heavy atom. The molecular weight excluding hydrogens is 198 g/mol. The molecule has 2 nitrogen and oxygen atoms in total. The predicted molar refractivity (Wildman–Crippen MR) is 67.6 cm³/mol. The Morgan fingerprint density at radius 2 is 1.94 bits per heavy atom. The van der Waals surface area contributed by atoms with Crippen molar-refractivity contribution in [3.63, 3.8) is 0 Å². The van der Waals surface area contributed by atoms with Crippen LogP contribution in [0.15, 0.2) is 0 Å². The molecule has 2 aliphatic rings. The lowest BCUT2D eigenvalue weighted by Gasteiger charge is -2.37. The van der Waals surface area contributed by atoms with Crippen LogP contribution >= 0.6 is 0 Å². The number of nitrogens with one attached hydrogen (secondary N) is 1. The summed E-state index contributed by atoms with van der Waals surface area (Å²) < 4.78 is 6.49. The topological polar surface area (TPSA) is 21.3 Å². The second-order valence-electron chi connectivity index (χ2n) is 5.93. The molecule has 2 atom stereocenters. The van der Waals surface area contributed by atoms with Gasteiger partial charge >= 0.3 is 0 Å². The highest BCUT2D eigenvalue weighted by Crippen LogP contribution is 2.37. The Labute approximate surface area is 100 Å². The van der Waals surface area contributed by atoms with Gasteiger partial charge in [-0.3, -0.25) is 0 Å². The van der Waals surface area contributed by atoms with Crippen molar-refractivity contribution in [2.24, 2.45) is 5.92 Å². The predicted octanol–water partition coefficient (Wildman–Crippen LogP) is 3.11. The molecule has 16 heavy (non-hydrogen) atoms. The van der Waals surface area contributed by atoms with Crippen LogP contribution in [0.4, 0.5) is 0 Å². The van der Waals surface area contributed by atoms with Crippen LogP contribution in [0.2, 0.25) is 0 Å². The fourth-order valence-electron chi connectivity index (χ4n) is 3.52. The lowest BCUT2D eigenvalue weighted by atomic mass is 9.88. The van der Waals surface area contributed by atoms with Crippen LogP contribution in [-0.4, -0.2) is 25.3 Å². The molecule has 2 heteroatoms. The maximum atomic E-state index is 6.49. The molecule has 0 aromatic heterocycles. The van der Waals surface area contributed by atoms with E-state index in [1.807, 2.05) is 7.05 Å². The van der Waals surface area contributed by atoms with Crippen molar-refractivity contribution in [1.82, 2.24) is 5.32 Å². The summed E-state index contributed by atoms with van der Waals surface area (Å²) in [6.45, 7) is 3.41. The molecule has 0 aromatic carbocycles. The van der Waals surface area contributed by atoms with Gasteiger partial charge in [-0.1, -0.05) is 32.6 Å². The number of rotatable bonds is 4. The van der Waals surface area contributed by atoms with E-state index < -0.39 is 0 Å². The second-order valence-corrected chi connectivity index (χ2v) is 5.93. The third-order valence-electron chi connectivity index (χ3n) is 4.32. The molecule has 0 spiro atoms. The number of ether oxygens (including phenoxy) is 1. The van der Waals surface area contributed by atoms with Gasteiger partial charge in [0.25, 0.3) is 0 Å². The summed E-state index contributed by atoms with van der Waals surface area (Å²) in [5.74, 6) is 0.867. The molecule has 2 saturated carbocycles. The SMILES string of the molecule is CNCC1(OC2CCCC(C)C2)CCCC1. The summed E-state index contributed by atoms with van der Waals surface area (Å²) in [7, 11) is 2.05. The van der Waals surface area contributed by atoms with Crippen LogP contribution in [0, 0.1) is 5.92 Å².